The van der Waals surface area contributed by atoms with Crippen molar-refractivity contribution >= 4 is 17.2 Å². The van der Waals surface area contributed by atoms with Crippen molar-refractivity contribution in [3.8, 4) is 11.5 Å². The van der Waals surface area contributed by atoms with Gasteiger partial charge in [0.1, 0.15) is 0 Å². The van der Waals surface area contributed by atoms with Crippen molar-refractivity contribution in [2.45, 2.75) is 31.3 Å². The smallest absolute Gasteiger partial charge is 0.234 e. The molecule has 1 N–H and O–H groups in total. The zero-order valence-electron chi connectivity index (χ0n) is 17.0. The van der Waals surface area contributed by atoms with Gasteiger partial charge in [-0.25, -0.2) is 0 Å². The number of benzene rings is 1. The topological polar surface area (TPSA) is 60.0 Å². The lowest BCUT2D eigenvalue weighted by molar-refractivity contribution is -0.124. The lowest BCUT2D eigenvalue weighted by Crippen LogP contribution is -2.46. The number of rotatable bonds is 6. The van der Waals surface area contributed by atoms with E-state index in [9.17, 15) is 4.79 Å². The summed E-state index contributed by atoms with van der Waals surface area (Å²) < 4.78 is 16.4. The molecule has 1 unspecified atom stereocenters. The van der Waals surface area contributed by atoms with Crippen LogP contribution in [0.1, 0.15) is 34.9 Å². The number of hydrogen-bond acceptors (Lipinski definition) is 6. The molecule has 29 heavy (non-hydrogen) atoms. The van der Waals surface area contributed by atoms with Crippen LogP contribution in [-0.2, 0) is 16.0 Å². The van der Waals surface area contributed by atoms with Crippen molar-refractivity contribution < 1.29 is 19.0 Å². The molecule has 2 aromatic rings. The molecule has 1 aromatic heterocycles. The van der Waals surface area contributed by atoms with Gasteiger partial charge >= 0.3 is 0 Å². The van der Waals surface area contributed by atoms with Gasteiger partial charge in [-0.15, -0.1) is 11.3 Å². The van der Waals surface area contributed by atoms with Gasteiger partial charge in [0, 0.05) is 30.7 Å². The van der Waals surface area contributed by atoms with E-state index in [1.54, 1.807) is 25.6 Å². The molecular weight excluding hydrogens is 388 g/mol. The summed E-state index contributed by atoms with van der Waals surface area (Å²) in [7, 11) is 3.32. The molecule has 0 bridgehead atoms. The second-order valence-electron chi connectivity index (χ2n) is 7.50. The summed E-state index contributed by atoms with van der Waals surface area (Å²) in [4.78, 5) is 16.3. The molecule has 1 amide bonds. The maximum Gasteiger partial charge on any atom is 0.234 e. The zero-order chi connectivity index (χ0) is 20.2. The van der Waals surface area contributed by atoms with Gasteiger partial charge in [-0.2, -0.15) is 0 Å². The summed E-state index contributed by atoms with van der Waals surface area (Å²) in [5, 5.41) is 5.28. The number of carbonyl (C=O) groups is 1. The van der Waals surface area contributed by atoms with E-state index >= 15 is 0 Å². The minimum Gasteiger partial charge on any atom is -0.493 e. The monoisotopic (exact) mass is 416 g/mol. The highest BCUT2D eigenvalue weighted by Gasteiger charge is 2.32. The van der Waals surface area contributed by atoms with Crippen LogP contribution in [-0.4, -0.2) is 57.4 Å². The van der Waals surface area contributed by atoms with E-state index in [1.165, 1.54) is 16.0 Å². The van der Waals surface area contributed by atoms with Crippen LogP contribution in [0.25, 0.3) is 0 Å². The standard InChI is InChI=1S/C22H28N2O4S/c1-26-18-12-15-5-8-24(14-21(25)23-16-6-9-28-10-7-16)22(20-4-3-11-29-20)17(15)13-19(18)27-2/h3-4,11-13,16,22H,5-10,14H2,1-2H3,(H,23,25). The van der Waals surface area contributed by atoms with Crippen LogP contribution < -0.4 is 14.8 Å². The van der Waals surface area contributed by atoms with E-state index in [0.29, 0.717) is 6.54 Å². The van der Waals surface area contributed by atoms with Gasteiger partial charge in [-0.1, -0.05) is 6.07 Å². The molecule has 1 saturated heterocycles. The molecule has 7 heteroatoms. The molecular formula is C22H28N2O4S. The molecule has 3 heterocycles. The predicted molar refractivity (Wildman–Crippen MR) is 113 cm³/mol. The second-order valence-corrected chi connectivity index (χ2v) is 8.48. The van der Waals surface area contributed by atoms with Gasteiger partial charge in [-0.05, 0) is 54.0 Å². The highest BCUT2D eigenvalue weighted by molar-refractivity contribution is 7.10. The van der Waals surface area contributed by atoms with Gasteiger partial charge in [0.15, 0.2) is 11.5 Å². The Labute approximate surface area is 175 Å². The van der Waals surface area contributed by atoms with Gasteiger partial charge in [0.05, 0.1) is 26.8 Å². The molecule has 1 aromatic carbocycles. The molecule has 0 radical (unpaired) electrons. The first-order valence-corrected chi connectivity index (χ1v) is 11.0. The van der Waals surface area contributed by atoms with Crippen molar-refractivity contribution in [3.63, 3.8) is 0 Å². The van der Waals surface area contributed by atoms with Crippen LogP contribution in [0.2, 0.25) is 0 Å². The fourth-order valence-corrected chi connectivity index (χ4v) is 5.12. The largest absolute Gasteiger partial charge is 0.493 e. The van der Waals surface area contributed by atoms with Gasteiger partial charge in [-0.3, -0.25) is 9.69 Å². The number of nitrogens with one attached hydrogen (secondary N) is 1. The van der Waals surface area contributed by atoms with Crippen LogP contribution in [0.15, 0.2) is 29.6 Å². The van der Waals surface area contributed by atoms with Crippen LogP contribution in [0.5, 0.6) is 11.5 Å². The first-order valence-electron chi connectivity index (χ1n) is 10.1. The lowest BCUT2D eigenvalue weighted by Gasteiger charge is -2.37. The molecule has 4 rings (SSSR count). The summed E-state index contributed by atoms with van der Waals surface area (Å²) in [6.07, 6.45) is 2.65. The fourth-order valence-electron chi connectivity index (χ4n) is 4.25. The number of hydrogen-bond donors (Lipinski definition) is 1. The van der Waals surface area contributed by atoms with E-state index in [2.05, 4.69) is 39.9 Å². The van der Waals surface area contributed by atoms with Gasteiger partial charge < -0.3 is 19.5 Å². The molecule has 2 aliphatic rings. The summed E-state index contributed by atoms with van der Waals surface area (Å²) >= 11 is 1.72. The number of carbonyl (C=O) groups excluding carboxylic acids is 1. The van der Waals surface area contributed by atoms with E-state index in [-0.39, 0.29) is 18.0 Å². The summed E-state index contributed by atoms with van der Waals surface area (Å²) in [5.74, 6) is 1.56. The third-order valence-electron chi connectivity index (χ3n) is 5.72. The molecule has 1 fully saturated rings. The van der Waals surface area contributed by atoms with Crippen LogP contribution in [0.3, 0.4) is 0 Å². The van der Waals surface area contributed by atoms with Crippen LogP contribution in [0, 0.1) is 0 Å². The average Bonchev–Trinajstić information content (AvgIpc) is 3.27. The normalized spacial score (nSPS) is 20.1. The number of amides is 1. The van der Waals surface area contributed by atoms with Gasteiger partial charge in [0.25, 0.3) is 0 Å². The molecule has 6 nitrogen and oxygen atoms in total. The van der Waals surface area contributed by atoms with Crippen LogP contribution >= 0.6 is 11.3 Å². The highest BCUT2D eigenvalue weighted by Crippen LogP contribution is 2.42. The number of thiophene rings is 1. The highest BCUT2D eigenvalue weighted by atomic mass is 32.1. The Morgan fingerprint density at radius 1 is 1.24 bits per heavy atom. The SMILES string of the molecule is COc1cc2c(cc1OC)C(c1cccs1)N(CC(=O)NC1CCOCC1)CC2. The van der Waals surface area contributed by atoms with Gasteiger partial charge in [0.2, 0.25) is 5.91 Å². The number of ether oxygens (including phenoxy) is 3. The van der Waals surface area contributed by atoms with Crippen molar-refractivity contribution in [1.82, 2.24) is 10.2 Å². The van der Waals surface area contributed by atoms with E-state index in [0.717, 1.165) is 50.5 Å². The Bertz CT molecular complexity index is 834. The zero-order valence-corrected chi connectivity index (χ0v) is 17.8. The van der Waals surface area contributed by atoms with E-state index < -0.39 is 0 Å². The second kappa shape index (κ2) is 9.15. The van der Waals surface area contributed by atoms with E-state index in [1.807, 2.05) is 0 Å². The summed E-state index contributed by atoms with van der Waals surface area (Å²) in [6, 6.07) is 8.62. The van der Waals surface area contributed by atoms with E-state index in [4.69, 9.17) is 14.2 Å². The minimum atomic E-state index is 0.0407. The predicted octanol–water partition coefficient (Wildman–Crippen LogP) is 3.01. The molecule has 0 aliphatic carbocycles. The van der Waals surface area contributed by atoms with Crippen molar-refractivity contribution in [2.24, 2.45) is 0 Å². The van der Waals surface area contributed by atoms with Crippen molar-refractivity contribution in [3.05, 3.63) is 45.6 Å². The molecule has 2 aliphatic heterocycles. The Morgan fingerprint density at radius 3 is 2.69 bits per heavy atom. The first kappa shape index (κ1) is 20.2. The summed E-state index contributed by atoms with van der Waals surface area (Å²) in [5.41, 5.74) is 2.44. The van der Waals surface area contributed by atoms with Crippen molar-refractivity contribution in [1.29, 1.82) is 0 Å². The molecule has 0 saturated carbocycles. The number of fused-ring (bicyclic) bond motifs is 1. The third kappa shape index (κ3) is 4.42. The third-order valence-corrected chi connectivity index (χ3v) is 6.64. The maximum absolute atomic E-state index is 12.8. The fraction of sp³-hybridized carbons (Fsp3) is 0.500. The number of methoxy groups -OCH3 is 2. The van der Waals surface area contributed by atoms with Crippen molar-refractivity contribution in [2.75, 3.05) is 40.5 Å². The Kier molecular flexibility index (Phi) is 6.37. The average molecular weight is 417 g/mol. The summed E-state index contributed by atoms with van der Waals surface area (Å²) in [6.45, 7) is 2.66. The molecule has 0 spiro atoms. The minimum absolute atomic E-state index is 0.0407. The Morgan fingerprint density at radius 2 is 2.00 bits per heavy atom. The Hall–Kier alpha value is -2.09. The van der Waals surface area contributed by atoms with Crippen LogP contribution in [0.4, 0.5) is 0 Å². The maximum atomic E-state index is 12.8. The lowest BCUT2D eigenvalue weighted by atomic mass is 9.91. The number of nitrogens with zero attached hydrogens (tertiary/aromatic N) is 1. The molecule has 1 atom stereocenters. The molecule has 156 valence electrons. The Balaban J connectivity index is 1.59. The first-order chi connectivity index (χ1) is 14.2. The quantitative estimate of drug-likeness (QED) is 0.785.